The topological polar surface area (TPSA) is 43.4 Å². The van der Waals surface area contributed by atoms with Crippen LogP contribution in [-0.2, 0) is 14.3 Å². The molecule has 3 nitrogen and oxygen atoms in total. The van der Waals surface area contributed by atoms with Crippen LogP contribution in [-0.4, -0.2) is 31.7 Å². The fraction of sp³-hybridized carbons (Fsp3) is 0.538. The Kier molecular flexibility index (Phi) is 5.99. The molecule has 0 aromatic heterocycles. The molecule has 0 aliphatic rings. The van der Waals surface area contributed by atoms with Crippen LogP contribution in [0.25, 0.3) is 0 Å². The molecule has 0 fully saturated rings. The number of alkyl halides is 9. The molecule has 0 heterocycles. The van der Waals surface area contributed by atoms with E-state index in [1.807, 2.05) is 0 Å². The number of rotatable bonds is 7. The van der Waals surface area contributed by atoms with Crippen LogP contribution in [0.15, 0.2) is 30.3 Å². The first-order valence-corrected chi connectivity index (χ1v) is 8.11. The fourth-order valence-corrected chi connectivity index (χ4v) is 2.87. The molecule has 0 aliphatic heterocycles. The van der Waals surface area contributed by atoms with Gasteiger partial charge in [0.2, 0.25) is 0 Å². The third kappa shape index (κ3) is 3.63. The van der Waals surface area contributed by atoms with E-state index in [1.54, 1.807) is 0 Å². The van der Waals surface area contributed by atoms with Gasteiger partial charge in [0, 0.05) is 0 Å². The second-order valence-electron chi connectivity index (χ2n) is 5.02. The van der Waals surface area contributed by atoms with Crippen LogP contribution in [0.2, 0.25) is 0 Å². The normalized spacial score (nSPS) is 15.8. The third-order valence-electron chi connectivity index (χ3n) is 3.21. The Bertz CT molecular complexity index is 714. The minimum atomic E-state index is -7.33. The minimum absolute atomic E-state index is 0.0970. The van der Waals surface area contributed by atoms with Crippen LogP contribution in [0.3, 0.4) is 0 Å². The molecule has 0 spiro atoms. The van der Waals surface area contributed by atoms with E-state index >= 15 is 0 Å². The summed E-state index contributed by atoms with van der Waals surface area (Å²) in [6.45, 7) is 1.19. The molecule has 1 aromatic carbocycles. The zero-order chi connectivity index (χ0) is 20.6. The first kappa shape index (κ1) is 22.5. The van der Waals surface area contributed by atoms with E-state index < -0.39 is 39.5 Å². The van der Waals surface area contributed by atoms with Crippen molar-refractivity contribution in [3.63, 3.8) is 0 Å². The van der Waals surface area contributed by atoms with Gasteiger partial charge in [0.15, 0.2) is 0 Å². The summed E-state index contributed by atoms with van der Waals surface area (Å²) in [5.74, 6) is -14.6. The molecule has 26 heavy (non-hydrogen) atoms. The van der Waals surface area contributed by atoms with Gasteiger partial charge in [-0.15, -0.1) is 0 Å². The van der Waals surface area contributed by atoms with Gasteiger partial charge in [-0.25, -0.2) is 0 Å². The standard InChI is InChI=1S/C13H11F9O3S/c1-2-9(8-6-4-3-5-7-8)25-26(23,24)13(21,22)11(16,17)10(14,15)12(18,19)20/h3-7,9H,2H2,1H3. The maximum absolute atomic E-state index is 13.6. The lowest BCUT2D eigenvalue weighted by molar-refractivity contribution is -0.382. The van der Waals surface area contributed by atoms with E-state index in [1.165, 1.54) is 25.1 Å². The van der Waals surface area contributed by atoms with Crippen LogP contribution in [0.4, 0.5) is 39.5 Å². The molecule has 1 unspecified atom stereocenters. The third-order valence-corrected chi connectivity index (χ3v) is 4.58. The van der Waals surface area contributed by atoms with Crippen molar-refractivity contribution < 1.29 is 52.1 Å². The molecular formula is C13H11F9O3S. The van der Waals surface area contributed by atoms with E-state index in [2.05, 4.69) is 4.18 Å². The Balaban J connectivity index is 3.32. The van der Waals surface area contributed by atoms with E-state index in [4.69, 9.17) is 0 Å². The summed E-state index contributed by atoms with van der Waals surface area (Å²) in [7, 11) is -6.88. The van der Waals surface area contributed by atoms with Gasteiger partial charge >= 0.3 is 33.4 Å². The van der Waals surface area contributed by atoms with Crippen molar-refractivity contribution in [3.05, 3.63) is 35.9 Å². The summed E-state index contributed by atoms with van der Waals surface area (Å²) >= 11 is 0. The van der Waals surface area contributed by atoms with Crippen LogP contribution in [0, 0.1) is 0 Å². The molecular weight excluding hydrogens is 407 g/mol. The maximum atomic E-state index is 13.6. The molecule has 13 heteroatoms. The molecule has 0 saturated heterocycles. The van der Waals surface area contributed by atoms with Crippen LogP contribution in [0.1, 0.15) is 25.0 Å². The average molecular weight is 418 g/mol. The number of halogens is 9. The molecule has 0 radical (unpaired) electrons. The average Bonchev–Trinajstić information content (AvgIpc) is 2.51. The first-order valence-electron chi connectivity index (χ1n) is 6.71. The molecule has 0 saturated carbocycles. The Labute approximate surface area is 141 Å². The van der Waals surface area contributed by atoms with Gasteiger partial charge in [-0.05, 0) is 12.0 Å². The maximum Gasteiger partial charge on any atom is 0.460 e. The predicted octanol–water partition coefficient (Wildman–Crippen LogP) is 4.91. The molecule has 0 aliphatic carbocycles. The smallest absolute Gasteiger partial charge is 0.257 e. The molecule has 0 N–H and O–H groups in total. The van der Waals surface area contributed by atoms with Crippen molar-refractivity contribution in [2.75, 3.05) is 0 Å². The van der Waals surface area contributed by atoms with Crippen LogP contribution < -0.4 is 0 Å². The molecule has 0 bridgehead atoms. The molecule has 0 amide bonds. The summed E-state index contributed by atoms with van der Waals surface area (Å²) in [5.41, 5.74) is -0.0970. The summed E-state index contributed by atoms with van der Waals surface area (Å²) in [6.07, 6.45) is -9.32. The van der Waals surface area contributed by atoms with Crippen molar-refractivity contribution in [1.82, 2.24) is 0 Å². The summed E-state index contributed by atoms with van der Waals surface area (Å²) < 4.78 is 142. The highest BCUT2D eigenvalue weighted by molar-refractivity contribution is 7.87. The highest BCUT2D eigenvalue weighted by Crippen LogP contribution is 2.55. The van der Waals surface area contributed by atoms with Crippen molar-refractivity contribution in [2.45, 2.75) is 42.7 Å². The van der Waals surface area contributed by atoms with Crippen LogP contribution in [0.5, 0.6) is 0 Å². The van der Waals surface area contributed by atoms with Crippen molar-refractivity contribution >= 4 is 10.1 Å². The zero-order valence-corrected chi connectivity index (χ0v) is 13.5. The monoisotopic (exact) mass is 418 g/mol. The fourth-order valence-electron chi connectivity index (χ4n) is 1.76. The number of hydrogen-bond donors (Lipinski definition) is 0. The Morgan fingerprint density at radius 3 is 1.73 bits per heavy atom. The molecule has 150 valence electrons. The van der Waals surface area contributed by atoms with Gasteiger partial charge in [-0.1, -0.05) is 37.3 Å². The first-order chi connectivity index (χ1) is 11.5. The summed E-state index contributed by atoms with van der Waals surface area (Å²) in [5, 5.41) is -6.86. The second kappa shape index (κ2) is 6.91. The lowest BCUT2D eigenvalue weighted by atomic mass is 10.1. The van der Waals surface area contributed by atoms with Gasteiger partial charge in [-0.2, -0.15) is 47.9 Å². The molecule has 1 rings (SSSR count). The molecule has 1 atom stereocenters. The van der Waals surface area contributed by atoms with Gasteiger partial charge in [0.25, 0.3) is 0 Å². The number of hydrogen-bond acceptors (Lipinski definition) is 3. The largest absolute Gasteiger partial charge is 0.460 e. The quantitative estimate of drug-likeness (QED) is 0.467. The van der Waals surface area contributed by atoms with Crippen molar-refractivity contribution in [3.8, 4) is 0 Å². The van der Waals surface area contributed by atoms with E-state index in [0.29, 0.717) is 0 Å². The Hall–Kier alpha value is -1.50. The second-order valence-corrected chi connectivity index (χ2v) is 6.63. The predicted molar refractivity (Wildman–Crippen MR) is 70.4 cm³/mol. The highest BCUT2D eigenvalue weighted by atomic mass is 32.2. The zero-order valence-electron chi connectivity index (χ0n) is 12.7. The lowest BCUT2D eigenvalue weighted by Gasteiger charge is -2.33. The van der Waals surface area contributed by atoms with Crippen molar-refractivity contribution in [1.29, 1.82) is 0 Å². The molecule has 1 aromatic rings. The van der Waals surface area contributed by atoms with E-state index in [9.17, 15) is 47.9 Å². The van der Waals surface area contributed by atoms with E-state index in [-0.39, 0.29) is 12.0 Å². The minimum Gasteiger partial charge on any atom is -0.257 e. The lowest BCUT2D eigenvalue weighted by Crippen LogP contribution is -2.63. The Morgan fingerprint density at radius 1 is 0.885 bits per heavy atom. The van der Waals surface area contributed by atoms with Gasteiger partial charge in [0.1, 0.15) is 6.10 Å². The van der Waals surface area contributed by atoms with E-state index in [0.717, 1.165) is 12.1 Å². The number of benzene rings is 1. The van der Waals surface area contributed by atoms with Gasteiger partial charge in [-0.3, -0.25) is 4.18 Å². The van der Waals surface area contributed by atoms with Crippen molar-refractivity contribution in [2.24, 2.45) is 0 Å². The summed E-state index contributed by atoms with van der Waals surface area (Å²) in [4.78, 5) is 0. The van der Waals surface area contributed by atoms with Crippen LogP contribution >= 0.6 is 0 Å². The highest BCUT2D eigenvalue weighted by Gasteiger charge is 2.85. The summed E-state index contributed by atoms with van der Waals surface area (Å²) in [6, 6.07) is 6.35. The van der Waals surface area contributed by atoms with Gasteiger partial charge < -0.3 is 0 Å². The Morgan fingerprint density at radius 2 is 1.35 bits per heavy atom. The van der Waals surface area contributed by atoms with Gasteiger partial charge in [0.05, 0.1) is 0 Å². The SMILES string of the molecule is CCC(OS(=O)(=O)C(F)(F)C(F)(F)C(F)(F)C(F)(F)F)c1ccccc1.